The lowest BCUT2D eigenvalue weighted by atomic mass is 10.2. The summed E-state index contributed by atoms with van der Waals surface area (Å²) < 4.78 is 6.95. The van der Waals surface area contributed by atoms with Gasteiger partial charge in [0.25, 0.3) is 0 Å². The van der Waals surface area contributed by atoms with Gasteiger partial charge in [-0.2, -0.15) is 0 Å². The quantitative estimate of drug-likeness (QED) is 0.615. The Bertz CT molecular complexity index is 789. The van der Waals surface area contributed by atoms with E-state index in [9.17, 15) is 9.59 Å². The zero-order chi connectivity index (χ0) is 19.8. The van der Waals surface area contributed by atoms with Crippen molar-refractivity contribution in [3.8, 4) is 0 Å². The van der Waals surface area contributed by atoms with Crippen LogP contribution in [0.1, 0.15) is 37.7 Å². The van der Waals surface area contributed by atoms with Gasteiger partial charge in [-0.15, -0.1) is 10.2 Å². The Morgan fingerprint density at radius 2 is 2.07 bits per heavy atom. The van der Waals surface area contributed by atoms with E-state index >= 15 is 0 Å². The Morgan fingerprint density at radius 1 is 1.30 bits per heavy atom. The number of aromatic nitrogens is 3. The van der Waals surface area contributed by atoms with Gasteiger partial charge < -0.3 is 25.3 Å². The summed E-state index contributed by atoms with van der Waals surface area (Å²) in [7, 11) is 1.66. The summed E-state index contributed by atoms with van der Waals surface area (Å²) in [4.78, 5) is 23.6. The molecular weight excluding hydrogens is 348 g/mol. The van der Waals surface area contributed by atoms with E-state index in [0.717, 1.165) is 12.0 Å². The highest BCUT2D eigenvalue weighted by Crippen LogP contribution is 2.20. The third-order valence-corrected chi connectivity index (χ3v) is 3.93. The molecule has 3 N–H and O–H groups in total. The molecule has 0 saturated carbocycles. The Hall–Kier alpha value is -2.94. The van der Waals surface area contributed by atoms with E-state index in [1.165, 1.54) is 6.92 Å². The highest BCUT2D eigenvalue weighted by Gasteiger charge is 2.16. The summed E-state index contributed by atoms with van der Waals surface area (Å²) in [5, 5.41) is 16.4. The molecule has 0 spiro atoms. The van der Waals surface area contributed by atoms with Crippen LogP contribution in [-0.2, 0) is 16.1 Å². The van der Waals surface area contributed by atoms with Crippen LogP contribution in [0.3, 0.4) is 0 Å². The topological polar surface area (TPSA) is 110 Å². The smallest absolute Gasteiger partial charge is 0.319 e. The first kappa shape index (κ1) is 20.4. The number of amides is 3. The van der Waals surface area contributed by atoms with Gasteiger partial charge in [0.2, 0.25) is 5.91 Å². The first-order chi connectivity index (χ1) is 12.9. The fourth-order valence-corrected chi connectivity index (χ4v) is 2.61. The summed E-state index contributed by atoms with van der Waals surface area (Å²) in [5.41, 5.74) is 2.12. The van der Waals surface area contributed by atoms with Crippen molar-refractivity contribution in [1.82, 2.24) is 20.1 Å². The molecule has 27 heavy (non-hydrogen) atoms. The molecule has 0 unspecified atom stereocenters. The number of anilines is 2. The van der Waals surface area contributed by atoms with Crippen molar-refractivity contribution in [3.63, 3.8) is 0 Å². The molecular formula is C18H26N6O3. The maximum Gasteiger partial charge on any atom is 0.319 e. The van der Waals surface area contributed by atoms with Crippen LogP contribution in [0.15, 0.2) is 24.5 Å². The van der Waals surface area contributed by atoms with Crippen LogP contribution in [0.2, 0.25) is 0 Å². The first-order valence-corrected chi connectivity index (χ1v) is 8.73. The van der Waals surface area contributed by atoms with Gasteiger partial charge in [0.05, 0.1) is 6.04 Å². The summed E-state index contributed by atoms with van der Waals surface area (Å²) in [5.74, 6) is 0.501. The van der Waals surface area contributed by atoms with Gasteiger partial charge in [-0.05, 0) is 38.0 Å². The zero-order valence-electron chi connectivity index (χ0n) is 16.1. The lowest BCUT2D eigenvalue weighted by molar-refractivity contribution is -0.114. The Morgan fingerprint density at radius 3 is 2.78 bits per heavy atom. The van der Waals surface area contributed by atoms with Crippen LogP contribution in [0.4, 0.5) is 16.2 Å². The molecule has 0 bridgehead atoms. The standard InChI is InChI=1S/C18H26N6O3/c1-12-6-7-15(21-14(3)25)10-16(12)22-18(26)20-13(2)17-23-19-11-24(17)8-5-9-27-4/h6-7,10-11,13H,5,8-9H2,1-4H3,(H,21,25)(H2,20,22,26)/t13-/m0/s1. The fraction of sp³-hybridized carbons (Fsp3) is 0.444. The van der Waals surface area contributed by atoms with E-state index in [1.807, 2.05) is 24.5 Å². The molecule has 3 amide bonds. The molecule has 1 aromatic heterocycles. The van der Waals surface area contributed by atoms with Crippen molar-refractivity contribution in [3.05, 3.63) is 35.9 Å². The summed E-state index contributed by atoms with van der Waals surface area (Å²) in [6.45, 7) is 6.51. The lowest BCUT2D eigenvalue weighted by Gasteiger charge is -2.16. The highest BCUT2D eigenvalue weighted by molar-refractivity contribution is 5.93. The maximum atomic E-state index is 12.4. The second-order valence-corrected chi connectivity index (χ2v) is 6.26. The van der Waals surface area contributed by atoms with Crippen LogP contribution in [-0.4, -0.2) is 40.4 Å². The van der Waals surface area contributed by atoms with Crippen molar-refractivity contribution in [2.24, 2.45) is 0 Å². The van der Waals surface area contributed by atoms with E-state index in [-0.39, 0.29) is 18.0 Å². The largest absolute Gasteiger partial charge is 0.385 e. The fourth-order valence-electron chi connectivity index (χ4n) is 2.61. The Labute approximate surface area is 158 Å². The normalized spacial score (nSPS) is 11.7. The number of carbonyl (C=O) groups is 2. The van der Waals surface area contributed by atoms with Gasteiger partial charge in [-0.25, -0.2) is 4.79 Å². The van der Waals surface area contributed by atoms with E-state index < -0.39 is 0 Å². The van der Waals surface area contributed by atoms with Crippen molar-refractivity contribution >= 4 is 23.3 Å². The highest BCUT2D eigenvalue weighted by atomic mass is 16.5. The molecule has 0 saturated heterocycles. The third kappa shape index (κ3) is 6.07. The van der Waals surface area contributed by atoms with Gasteiger partial charge in [0.1, 0.15) is 6.33 Å². The molecule has 9 nitrogen and oxygen atoms in total. The van der Waals surface area contributed by atoms with Crippen molar-refractivity contribution in [2.75, 3.05) is 24.4 Å². The number of urea groups is 1. The van der Waals surface area contributed by atoms with Crippen LogP contribution in [0.5, 0.6) is 0 Å². The van der Waals surface area contributed by atoms with Crippen LogP contribution in [0, 0.1) is 6.92 Å². The molecule has 1 heterocycles. The average molecular weight is 374 g/mol. The molecule has 2 aromatic rings. The SMILES string of the molecule is COCCCn1cnnc1[C@H](C)NC(=O)Nc1cc(NC(C)=O)ccc1C. The number of nitrogens with one attached hydrogen (secondary N) is 3. The van der Waals surface area contributed by atoms with Crippen LogP contribution in [0.25, 0.3) is 0 Å². The summed E-state index contributed by atoms with van der Waals surface area (Å²) in [6.07, 6.45) is 2.47. The minimum atomic E-state index is -0.364. The number of hydrogen-bond acceptors (Lipinski definition) is 5. The predicted molar refractivity (Wildman–Crippen MR) is 103 cm³/mol. The molecule has 1 aromatic carbocycles. The van der Waals surface area contributed by atoms with Crippen molar-refractivity contribution < 1.29 is 14.3 Å². The van der Waals surface area contributed by atoms with E-state index in [2.05, 4.69) is 26.1 Å². The second-order valence-electron chi connectivity index (χ2n) is 6.26. The number of nitrogens with zero attached hydrogens (tertiary/aromatic N) is 3. The number of rotatable bonds is 8. The van der Waals surface area contributed by atoms with Gasteiger partial charge in [0, 0.05) is 38.6 Å². The van der Waals surface area contributed by atoms with Gasteiger partial charge in [-0.1, -0.05) is 6.07 Å². The van der Waals surface area contributed by atoms with E-state index in [1.54, 1.807) is 25.6 Å². The van der Waals surface area contributed by atoms with E-state index in [4.69, 9.17) is 4.74 Å². The summed E-state index contributed by atoms with van der Waals surface area (Å²) in [6, 6.07) is 4.64. The molecule has 0 aliphatic carbocycles. The number of benzene rings is 1. The van der Waals surface area contributed by atoms with Crippen molar-refractivity contribution in [2.45, 2.75) is 39.8 Å². The predicted octanol–water partition coefficient (Wildman–Crippen LogP) is 2.46. The monoisotopic (exact) mass is 374 g/mol. The Kier molecular flexibility index (Phi) is 7.30. The first-order valence-electron chi connectivity index (χ1n) is 8.73. The Balaban J connectivity index is 1.99. The number of carbonyl (C=O) groups excluding carboxylic acids is 2. The van der Waals surface area contributed by atoms with E-state index in [0.29, 0.717) is 30.4 Å². The molecule has 2 rings (SSSR count). The number of methoxy groups -OCH3 is 1. The van der Waals surface area contributed by atoms with Gasteiger partial charge >= 0.3 is 6.03 Å². The maximum absolute atomic E-state index is 12.4. The molecule has 0 aliphatic heterocycles. The summed E-state index contributed by atoms with van der Waals surface area (Å²) >= 11 is 0. The number of hydrogen-bond donors (Lipinski definition) is 3. The molecule has 0 fully saturated rings. The third-order valence-electron chi connectivity index (χ3n) is 3.93. The molecule has 1 atom stereocenters. The number of aryl methyl sites for hydroxylation is 2. The van der Waals surface area contributed by atoms with Gasteiger partial charge in [-0.3, -0.25) is 4.79 Å². The molecule has 0 radical (unpaired) electrons. The van der Waals surface area contributed by atoms with Crippen molar-refractivity contribution in [1.29, 1.82) is 0 Å². The molecule has 9 heteroatoms. The number of ether oxygens (including phenoxy) is 1. The molecule has 146 valence electrons. The minimum absolute atomic E-state index is 0.171. The van der Waals surface area contributed by atoms with Crippen LogP contribution >= 0.6 is 0 Å². The lowest BCUT2D eigenvalue weighted by Crippen LogP contribution is -2.33. The van der Waals surface area contributed by atoms with Crippen LogP contribution < -0.4 is 16.0 Å². The molecule has 0 aliphatic rings. The zero-order valence-corrected chi connectivity index (χ0v) is 16.1. The minimum Gasteiger partial charge on any atom is -0.385 e. The van der Waals surface area contributed by atoms with Gasteiger partial charge in [0.15, 0.2) is 5.82 Å². The second kappa shape index (κ2) is 9.67. The average Bonchev–Trinajstić information content (AvgIpc) is 3.06.